The first-order valence-corrected chi connectivity index (χ1v) is 13.3. The summed E-state index contributed by atoms with van der Waals surface area (Å²) in [4.78, 5) is 30.2. The molecule has 1 aliphatic rings. The van der Waals surface area contributed by atoms with Crippen LogP contribution in [0.15, 0.2) is 31.4 Å². The third-order valence-electron chi connectivity index (χ3n) is 3.83. The lowest BCUT2D eigenvalue weighted by Gasteiger charge is -2.49. The molecule has 1 fully saturated rings. The van der Waals surface area contributed by atoms with E-state index in [0.29, 0.717) is 4.32 Å². The lowest BCUT2D eigenvalue weighted by Crippen LogP contribution is -2.65. The van der Waals surface area contributed by atoms with Gasteiger partial charge in [-0.3, -0.25) is 14.2 Å². The Morgan fingerprint density at radius 1 is 1.52 bits per heavy atom. The molecule has 1 saturated heterocycles. The molecule has 1 amide bonds. The molecule has 0 aliphatic carbocycles. The molecule has 1 aromatic heterocycles. The van der Waals surface area contributed by atoms with Crippen molar-refractivity contribution < 1.29 is 18.8 Å². The summed E-state index contributed by atoms with van der Waals surface area (Å²) >= 11 is 6.81. The summed E-state index contributed by atoms with van der Waals surface area (Å²) in [5, 5.41) is -0.296. The predicted molar refractivity (Wildman–Crippen MR) is 112 cm³/mol. The molecule has 1 aliphatic heterocycles. The van der Waals surface area contributed by atoms with Crippen molar-refractivity contribution in [2.45, 2.75) is 38.0 Å². The lowest BCUT2D eigenvalue weighted by atomic mass is 9.93. The molecular formula is C17H25N3O4S2Si. The Kier molecular flexibility index (Phi) is 7.37. The van der Waals surface area contributed by atoms with E-state index in [1.54, 1.807) is 23.3 Å². The van der Waals surface area contributed by atoms with Gasteiger partial charge in [0.1, 0.15) is 23.8 Å². The van der Waals surface area contributed by atoms with Gasteiger partial charge < -0.3 is 14.1 Å². The maximum Gasteiger partial charge on any atom is 0.325 e. The van der Waals surface area contributed by atoms with Crippen LogP contribution in [-0.2, 0) is 18.8 Å². The Balaban J connectivity index is 2.12. The van der Waals surface area contributed by atoms with Gasteiger partial charge in [-0.2, -0.15) is 0 Å². The molecule has 0 aromatic carbocycles. The normalized spacial score (nSPS) is 20.7. The molecule has 1 aromatic rings. The quantitative estimate of drug-likeness (QED) is 0.207. The van der Waals surface area contributed by atoms with Gasteiger partial charge in [-0.1, -0.05) is 36.6 Å². The summed E-state index contributed by atoms with van der Waals surface area (Å²) in [6.07, 6.45) is 6.22. The van der Waals surface area contributed by atoms with E-state index >= 15 is 0 Å². The van der Waals surface area contributed by atoms with Crippen LogP contribution in [0.4, 0.5) is 0 Å². The van der Waals surface area contributed by atoms with Crippen LogP contribution in [0.1, 0.15) is 6.92 Å². The lowest BCUT2D eigenvalue weighted by molar-refractivity contribution is -0.163. The van der Waals surface area contributed by atoms with Crippen LogP contribution in [0, 0.1) is 5.92 Å². The van der Waals surface area contributed by atoms with E-state index in [1.165, 1.54) is 22.7 Å². The number of aromatic nitrogens is 2. The van der Waals surface area contributed by atoms with Crippen LogP contribution in [0.2, 0.25) is 19.6 Å². The van der Waals surface area contributed by atoms with Gasteiger partial charge in [-0.15, -0.1) is 0 Å². The number of carbonyl (C=O) groups is 2. The summed E-state index contributed by atoms with van der Waals surface area (Å²) in [5.74, 6) is -0.961. The number of hydrogen-bond donors (Lipinski definition) is 0. The number of imidazole rings is 1. The number of hydrogen-bond acceptors (Lipinski definition) is 7. The molecule has 0 radical (unpaired) electrons. The first kappa shape index (κ1) is 21.8. The van der Waals surface area contributed by atoms with Crippen LogP contribution >= 0.6 is 24.0 Å². The number of nitrogens with zero attached hydrogens (tertiary/aromatic N) is 3. The second kappa shape index (κ2) is 9.13. The minimum atomic E-state index is -1.82. The Hall–Kier alpha value is -1.49. The zero-order valence-electron chi connectivity index (χ0n) is 16.0. The summed E-state index contributed by atoms with van der Waals surface area (Å²) in [5.41, 5.74) is 0. The molecule has 10 heteroatoms. The van der Waals surface area contributed by atoms with Gasteiger partial charge in [0.25, 0.3) is 0 Å². The van der Waals surface area contributed by atoms with Crippen molar-refractivity contribution in [2.24, 2.45) is 5.92 Å². The highest BCUT2D eigenvalue weighted by molar-refractivity contribution is 8.23. The van der Waals surface area contributed by atoms with Crippen molar-refractivity contribution in [3.05, 3.63) is 31.4 Å². The maximum atomic E-state index is 12.7. The highest BCUT2D eigenvalue weighted by atomic mass is 32.2. The van der Waals surface area contributed by atoms with Crippen LogP contribution in [0.3, 0.4) is 0 Å². The summed E-state index contributed by atoms with van der Waals surface area (Å²) < 4.78 is 13.4. The second-order valence-corrected chi connectivity index (χ2v) is 13.4. The third-order valence-corrected chi connectivity index (χ3v) is 6.61. The van der Waals surface area contributed by atoms with E-state index in [4.69, 9.17) is 21.4 Å². The van der Waals surface area contributed by atoms with E-state index in [0.717, 1.165) is 0 Å². The van der Waals surface area contributed by atoms with Crippen molar-refractivity contribution in [2.75, 3.05) is 13.2 Å². The number of likely N-dealkylation sites (tertiary alicyclic amines) is 1. The molecule has 0 N–H and O–H groups in total. The maximum absolute atomic E-state index is 12.7. The average Bonchev–Trinajstić information content (AvgIpc) is 3.10. The highest BCUT2D eigenvalue weighted by Gasteiger charge is 2.52. The van der Waals surface area contributed by atoms with Crippen molar-refractivity contribution >= 4 is 48.5 Å². The Morgan fingerprint density at radius 3 is 2.78 bits per heavy atom. The van der Waals surface area contributed by atoms with E-state index in [2.05, 4.69) is 31.2 Å². The smallest absolute Gasteiger partial charge is 0.325 e. The molecule has 3 atom stereocenters. The van der Waals surface area contributed by atoms with Gasteiger partial charge in [-0.05, 0) is 26.6 Å². The number of ether oxygens (including phenoxy) is 1. The molecule has 0 spiro atoms. The first-order chi connectivity index (χ1) is 12.6. The fourth-order valence-corrected chi connectivity index (χ4v) is 5.68. The molecule has 1 unspecified atom stereocenters. The Morgan fingerprint density at radius 2 is 2.22 bits per heavy atom. The Labute approximate surface area is 170 Å². The standard InChI is InChI=1S/C17H25N3O4S2Si/c1-6-9-23-13(21)10-20-15(22)14(12(2)24-27(3,4)5)16(20)26-17(25)19-8-7-18-11-19/h6-8,11-12,14,16H,1,9-10H2,2-5H3/t12?,14-,16+/m0/s1. The van der Waals surface area contributed by atoms with Gasteiger partial charge in [0.15, 0.2) is 8.32 Å². The van der Waals surface area contributed by atoms with Crippen molar-refractivity contribution in [3.63, 3.8) is 0 Å². The average molecular weight is 428 g/mol. The molecule has 148 valence electrons. The number of amides is 1. The minimum absolute atomic E-state index is 0.116. The van der Waals surface area contributed by atoms with Crippen molar-refractivity contribution in [1.29, 1.82) is 0 Å². The van der Waals surface area contributed by atoms with Crippen LogP contribution in [-0.4, -0.2) is 63.6 Å². The topological polar surface area (TPSA) is 73.7 Å². The van der Waals surface area contributed by atoms with Crippen LogP contribution in [0.25, 0.3) is 0 Å². The second-order valence-electron chi connectivity index (χ2n) is 7.14. The van der Waals surface area contributed by atoms with Gasteiger partial charge in [0.2, 0.25) is 5.91 Å². The monoisotopic (exact) mass is 427 g/mol. The van der Waals surface area contributed by atoms with Gasteiger partial charge in [0.05, 0.1) is 17.4 Å². The number of thioether (sulfide) groups is 1. The van der Waals surface area contributed by atoms with Crippen molar-refractivity contribution in [1.82, 2.24) is 14.5 Å². The third kappa shape index (κ3) is 5.74. The number of rotatable bonds is 8. The van der Waals surface area contributed by atoms with Gasteiger partial charge in [0, 0.05) is 12.4 Å². The summed E-state index contributed by atoms with van der Waals surface area (Å²) in [7, 11) is -1.82. The minimum Gasteiger partial charge on any atom is -0.460 e. The van der Waals surface area contributed by atoms with Crippen LogP contribution in [0.5, 0.6) is 0 Å². The molecule has 27 heavy (non-hydrogen) atoms. The summed E-state index contributed by atoms with van der Waals surface area (Å²) in [6.45, 7) is 11.7. The predicted octanol–water partition coefficient (Wildman–Crippen LogP) is 2.50. The SMILES string of the molecule is C=CCOC(=O)CN1C(=O)[C@H](C(C)O[Si](C)(C)C)[C@H]1SC(=S)n1ccnc1. The number of esters is 1. The van der Waals surface area contributed by atoms with E-state index in [9.17, 15) is 9.59 Å². The molecular weight excluding hydrogens is 402 g/mol. The van der Waals surface area contributed by atoms with Gasteiger partial charge >= 0.3 is 5.97 Å². The number of β-lactam (4-membered cyclic amide) rings is 1. The highest BCUT2D eigenvalue weighted by Crippen LogP contribution is 2.39. The van der Waals surface area contributed by atoms with Crippen molar-refractivity contribution in [3.8, 4) is 0 Å². The van der Waals surface area contributed by atoms with E-state index in [-0.39, 0.29) is 36.5 Å². The molecule has 2 rings (SSSR count). The molecule has 2 heterocycles. The fourth-order valence-electron chi connectivity index (χ4n) is 2.79. The Bertz CT molecular complexity index is 706. The molecule has 7 nitrogen and oxygen atoms in total. The zero-order valence-corrected chi connectivity index (χ0v) is 18.6. The molecule has 0 bridgehead atoms. The number of carbonyl (C=O) groups excluding carboxylic acids is 2. The van der Waals surface area contributed by atoms with E-state index < -0.39 is 14.3 Å². The van der Waals surface area contributed by atoms with Gasteiger partial charge in [-0.25, -0.2) is 4.98 Å². The first-order valence-electron chi connectivity index (χ1n) is 8.58. The number of thiocarbonyl (C=S) groups is 1. The van der Waals surface area contributed by atoms with Crippen LogP contribution < -0.4 is 0 Å². The molecule has 0 saturated carbocycles. The largest absolute Gasteiger partial charge is 0.460 e. The fraction of sp³-hybridized carbons (Fsp3) is 0.529. The zero-order chi connectivity index (χ0) is 20.2. The summed E-state index contributed by atoms with van der Waals surface area (Å²) in [6, 6.07) is 0. The van der Waals surface area contributed by atoms with E-state index in [1.807, 2.05) is 6.92 Å².